The summed E-state index contributed by atoms with van der Waals surface area (Å²) >= 11 is 0. The summed E-state index contributed by atoms with van der Waals surface area (Å²) in [6.07, 6.45) is 0.590. The van der Waals surface area contributed by atoms with E-state index >= 15 is 0 Å². The number of anilines is 1. The molecule has 16 heavy (non-hydrogen) atoms. The lowest BCUT2D eigenvalue weighted by Crippen LogP contribution is -2.31. The second-order valence-electron chi connectivity index (χ2n) is 3.59. The predicted molar refractivity (Wildman–Crippen MR) is 52.8 cm³/mol. The Kier molecular flexibility index (Phi) is 2.98. The quantitative estimate of drug-likeness (QED) is 0.741. The lowest BCUT2D eigenvalue weighted by molar-refractivity contribution is -0.141. The molecule has 6 heteroatoms. The fourth-order valence-electron chi connectivity index (χ4n) is 1.61. The molecular formula is C10H11F3N3. The molecule has 1 aromatic heterocycles. The van der Waals surface area contributed by atoms with E-state index < -0.39 is 11.9 Å². The third-order valence-electron chi connectivity index (χ3n) is 2.42. The summed E-state index contributed by atoms with van der Waals surface area (Å²) in [5.41, 5.74) is -0.882. The van der Waals surface area contributed by atoms with Gasteiger partial charge in [0.2, 0.25) is 5.95 Å². The van der Waals surface area contributed by atoms with Gasteiger partial charge >= 0.3 is 6.18 Å². The molecule has 0 bridgehead atoms. The fourth-order valence-corrected chi connectivity index (χ4v) is 1.61. The van der Waals surface area contributed by atoms with Crippen LogP contribution in [0, 0.1) is 6.42 Å². The summed E-state index contributed by atoms with van der Waals surface area (Å²) in [6.45, 7) is 1.36. The van der Waals surface area contributed by atoms with Crippen LogP contribution in [0.3, 0.4) is 0 Å². The summed E-state index contributed by atoms with van der Waals surface area (Å²) in [6, 6.07) is 0.888. The third-order valence-corrected chi connectivity index (χ3v) is 2.42. The van der Waals surface area contributed by atoms with E-state index in [2.05, 4.69) is 16.4 Å². The summed E-state index contributed by atoms with van der Waals surface area (Å²) in [5, 5.41) is 0. The second-order valence-corrected chi connectivity index (χ2v) is 3.59. The van der Waals surface area contributed by atoms with E-state index in [4.69, 9.17) is 0 Å². The number of aromatic nitrogens is 2. The Labute approximate surface area is 91.3 Å². The molecule has 0 amide bonds. The zero-order valence-corrected chi connectivity index (χ0v) is 8.54. The maximum Gasteiger partial charge on any atom is 0.433 e. The maximum absolute atomic E-state index is 12.4. The summed E-state index contributed by atoms with van der Waals surface area (Å²) in [7, 11) is 0. The molecule has 0 N–H and O–H groups in total. The van der Waals surface area contributed by atoms with Crippen molar-refractivity contribution >= 4 is 5.95 Å². The van der Waals surface area contributed by atoms with Gasteiger partial charge in [-0.2, -0.15) is 13.2 Å². The highest BCUT2D eigenvalue weighted by Gasteiger charge is 2.33. The highest BCUT2D eigenvalue weighted by atomic mass is 19.4. The molecule has 0 atom stereocenters. The van der Waals surface area contributed by atoms with Gasteiger partial charge in [0.15, 0.2) is 0 Å². The smallest absolute Gasteiger partial charge is 0.341 e. The number of piperidine rings is 1. The van der Waals surface area contributed by atoms with Crippen LogP contribution in [-0.2, 0) is 6.18 Å². The molecule has 3 nitrogen and oxygen atoms in total. The van der Waals surface area contributed by atoms with Gasteiger partial charge in [-0.05, 0) is 25.3 Å². The number of hydrogen-bond donors (Lipinski definition) is 0. The van der Waals surface area contributed by atoms with E-state index in [1.165, 1.54) is 0 Å². The second kappa shape index (κ2) is 4.27. The Balaban J connectivity index is 2.21. The van der Waals surface area contributed by atoms with Gasteiger partial charge in [-0.25, -0.2) is 9.97 Å². The van der Waals surface area contributed by atoms with Crippen LogP contribution in [0.15, 0.2) is 12.3 Å². The van der Waals surface area contributed by atoms with Crippen molar-refractivity contribution in [1.82, 2.24) is 9.97 Å². The summed E-state index contributed by atoms with van der Waals surface area (Å²) < 4.78 is 37.3. The minimum Gasteiger partial charge on any atom is -0.341 e. The highest BCUT2D eigenvalue weighted by molar-refractivity contribution is 5.31. The predicted octanol–water partition coefficient (Wildman–Crippen LogP) is 2.30. The van der Waals surface area contributed by atoms with E-state index in [-0.39, 0.29) is 5.95 Å². The number of rotatable bonds is 1. The van der Waals surface area contributed by atoms with Gasteiger partial charge in [0.1, 0.15) is 5.69 Å². The number of alkyl halides is 3. The lowest BCUT2D eigenvalue weighted by Gasteiger charge is -2.26. The molecule has 0 aliphatic carbocycles. The van der Waals surface area contributed by atoms with Gasteiger partial charge < -0.3 is 4.90 Å². The van der Waals surface area contributed by atoms with E-state index in [0.29, 0.717) is 13.1 Å². The average molecular weight is 230 g/mol. The summed E-state index contributed by atoms with van der Waals surface area (Å²) in [4.78, 5) is 9.19. The zero-order chi connectivity index (χ0) is 11.6. The molecule has 1 saturated heterocycles. The largest absolute Gasteiger partial charge is 0.433 e. The maximum atomic E-state index is 12.4. The van der Waals surface area contributed by atoms with Crippen molar-refractivity contribution < 1.29 is 13.2 Å². The topological polar surface area (TPSA) is 29.0 Å². The summed E-state index contributed by atoms with van der Waals surface area (Å²) in [5.74, 6) is 0.169. The average Bonchev–Trinajstić information content (AvgIpc) is 2.29. The van der Waals surface area contributed by atoms with Crippen molar-refractivity contribution in [1.29, 1.82) is 0 Å². The van der Waals surface area contributed by atoms with Gasteiger partial charge in [-0.3, -0.25) is 0 Å². The van der Waals surface area contributed by atoms with Crippen molar-refractivity contribution in [2.75, 3.05) is 18.0 Å². The van der Waals surface area contributed by atoms with Gasteiger partial charge in [-0.1, -0.05) is 0 Å². The van der Waals surface area contributed by atoms with Crippen LogP contribution in [0.25, 0.3) is 0 Å². The van der Waals surface area contributed by atoms with Gasteiger partial charge in [0.25, 0.3) is 0 Å². The zero-order valence-electron chi connectivity index (χ0n) is 8.54. The molecule has 1 fully saturated rings. The molecule has 1 radical (unpaired) electrons. The van der Waals surface area contributed by atoms with Crippen LogP contribution in [0.4, 0.5) is 19.1 Å². The van der Waals surface area contributed by atoms with Crippen LogP contribution in [0.5, 0.6) is 0 Å². The molecule has 0 saturated carbocycles. The van der Waals surface area contributed by atoms with Crippen LogP contribution < -0.4 is 4.90 Å². The fraction of sp³-hybridized carbons (Fsp3) is 0.500. The van der Waals surface area contributed by atoms with E-state index in [1.807, 2.05) is 0 Å². The normalized spacial score (nSPS) is 17.6. The van der Waals surface area contributed by atoms with Crippen LogP contribution in [0.1, 0.15) is 18.5 Å². The minimum atomic E-state index is -4.40. The van der Waals surface area contributed by atoms with E-state index in [0.717, 1.165) is 25.1 Å². The van der Waals surface area contributed by atoms with Gasteiger partial charge in [-0.15, -0.1) is 0 Å². The first-order valence-electron chi connectivity index (χ1n) is 5.04. The van der Waals surface area contributed by atoms with Crippen molar-refractivity contribution in [3.63, 3.8) is 0 Å². The molecule has 1 aliphatic heterocycles. The van der Waals surface area contributed by atoms with Crippen LogP contribution in [0.2, 0.25) is 0 Å². The molecular weight excluding hydrogens is 219 g/mol. The molecule has 1 aliphatic rings. The molecule has 1 aromatic rings. The van der Waals surface area contributed by atoms with Crippen molar-refractivity contribution in [3.8, 4) is 0 Å². The molecule has 0 spiro atoms. The Morgan fingerprint density at radius 2 is 1.88 bits per heavy atom. The highest BCUT2D eigenvalue weighted by Crippen LogP contribution is 2.28. The van der Waals surface area contributed by atoms with E-state index in [1.54, 1.807) is 4.90 Å². The van der Waals surface area contributed by atoms with Crippen molar-refractivity contribution in [2.45, 2.75) is 19.0 Å². The molecule has 0 unspecified atom stereocenters. The number of hydrogen-bond acceptors (Lipinski definition) is 3. The van der Waals surface area contributed by atoms with Crippen molar-refractivity contribution in [2.24, 2.45) is 0 Å². The first-order chi connectivity index (χ1) is 7.57. The molecule has 2 rings (SSSR count). The monoisotopic (exact) mass is 230 g/mol. The first-order valence-corrected chi connectivity index (χ1v) is 5.04. The lowest BCUT2D eigenvalue weighted by atomic mass is 10.1. The first kappa shape index (κ1) is 11.2. The number of nitrogens with zero attached hydrogens (tertiary/aromatic N) is 3. The molecule has 2 heterocycles. The Morgan fingerprint density at radius 3 is 2.50 bits per heavy atom. The van der Waals surface area contributed by atoms with E-state index in [9.17, 15) is 13.2 Å². The Hall–Kier alpha value is -1.33. The Morgan fingerprint density at radius 1 is 1.19 bits per heavy atom. The van der Waals surface area contributed by atoms with Gasteiger partial charge in [0.05, 0.1) is 0 Å². The molecule has 0 aromatic carbocycles. The van der Waals surface area contributed by atoms with Crippen LogP contribution >= 0.6 is 0 Å². The number of halogens is 3. The van der Waals surface area contributed by atoms with Gasteiger partial charge in [0, 0.05) is 19.3 Å². The minimum absolute atomic E-state index is 0.169. The SMILES string of the molecule is FC(F)(F)c1ccnc(N2CC[CH]CC2)n1. The standard InChI is InChI=1S/C10H11F3N3/c11-10(12,13)8-4-5-14-9(15-8)16-6-2-1-3-7-16/h1,4-5H,2-3,6-7H2. The van der Waals surface area contributed by atoms with Crippen LogP contribution in [-0.4, -0.2) is 23.1 Å². The Bertz CT molecular complexity index is 359. The van der Waals surface area contributed by atoms with Crippen molar-refractivity contribution in [3.05, 3.63) is 24.4 Å². The molecule has 87 valence electrons. The third kappa shape index (κ3) is 2.43.